The second-order valence-corrected chi connectivity index (χ2v) is 10.6. The van der Waals surface area contributed by atoms with Crippen LogP contribution in [0.15, 0.2) is 75.0 Å². The SMILES string of the molecule is CN(C)c1ccc(C=Nn2c(C(C)(C)C)nc3ccc(Br)cc3c2=O)c(OCc2ccccc2F)c1. The second kappa shape index (κ2) is 10.2. The Morgan fingerprint density at radius 2 is 1.86 bits per heavy atom. The summed E-state index contributed by atoms with van der Waals surface area (Å²) < 4.78 is 22.3. The van der Waals surface area contributed by atoms with Gasteiger partial charge >= 0.3 is 0 Å². The molecule has 1 heterocycles. The number of rotatable bonds is 6. The molecule has 0 atom stereocenters. The third-order valence-corrected chi connectivity index (χ3v) is 6.14. The number of hydrogen-bond acceptors (Lipinski definition) is 5. The first-order valence-corrected chi connectivity index (χ1v) is 12.3. The molecule has 0 saturated carbocycles. The number of benzene rings is 3. The number of anilines is 1. The maximum absolute atomic E-state index is 14.2. The van der Waals surface area contributed by atoms with Gasteiger partial charge < -0.3 is 9.64 Å². The molecule has 1 aromatic heterocycles. The van der Waals surface area contributed by atoms with Gasteiger partial charge in [0.2, 0.25) is 0 Å². The van der Waals surface area contributed by atoms with Crippen LogP contribution in [0.25, 0.3) is 10.9 Å². The van der Waals surface area contributed by atoms with Crippen LogP contribution in [0.4, 0.5) is 10.1 Å². The van der Waals surface area contributed by atoms with Crippen molar-refractivity contribution in [3.8, 4) is 5.75 Å². The van der Waals surface area contributed by atoms with E-state index in [9.17, 15) is 9.18 Å². The van der Waals surface area contributed by atoms with Gasteiger partial charge in [-0.15, -0.1) is 0 Å². The van der Waals surface area contributed by atoms with Crippen LogP contribution < -0.4 is 15.2 Å². The quantitative estimate of drug-likeness (QED) is 0.271. The lowest BCUT2D eigenvalue weighted by Crippen LogP contribution is -2.29. The number of hydrogen-bond donors (Lipinski definition) is 0. The minimum atomic E-state index is -0.434. The summed E-state index contributed by atoms with van der Waals surface area (Å²) in [4.78, 5) is 20.2. The molecule has 0 bridgehead atoms. The lowest BCUT2D eigenvalue weighted by molar-refractivity contribution is 0.299. The van der Waals surface area contributed by atoms with Crippen LogP contribution in [0.5, 0.6) is 5.75 Å². The zero-order chi connectivity index (χ0) is 26.0. The van der Waals surface area contributed by atoms with Gasteiger partial charge in [-0.05, 0) is 36.4 Å². The van der Waals surface area contributed by atoms with E-state index in [1.807, 2.05) is 70.1 Å². The molecule has 0 saturated heterocycles. The van der Waals surface area contributed by atoms with Crippen LogP contribution in [0.3, 0.4) is 0 Å². The third kappa shape index (κ3) is 5.49. The van der Waals surface area contributed by atoms with Crippen molar-refractivity contribution in [1.82, 2.24) is 9.66 Å². The Morgan fingerprint density at radius 1 is 1.11 bits per heavy atom. The first kappa shape index (κ1) is 25.6. The van der Waals surface area contributed by atoms with Crippen LogP contribution in [-0.2, 0) is 12.0 Å². The van der Waals surface area contributed by atoms with Gasteiger partial charge in [0.05, 0.1) is 17.1 Å². The predicted molar refractivity (Wildman–Crippen MR) is 147 cm³/mol. The average Bonchev–Trinajstić information content (AvgIpc) is 2.82. The highest BCUT2D eigenvalue weighted by atomic mass is 79.9. The second-order valence-electron chi connectivity index (χ2n) is 9.71. The van der Waals surface area contributed by atoms with E-state index in [4.69, 9.17) is 9.72 Å². The molecule has 0 radical (unpaired) electrons. The van der Waals surface area contributed by atoms with Gasteiger partial charge in [0.25, 0.3) is 5.56 Å². The Bertz CT molecular complexity index is 1510. The zero-order valence-corrected chi connectivity index (χ0v) is 22.5. The Kier molecular flexibility index (Phi) is 7.26. The van der Waals surface area contributed by atoms with Crippen LogP contribution in [-0.4, -0.2) is 30.0 Å². The van der Waals surface area contributed by atoms with Crippen molar-refractivity contribution in [1.29, 1.82) is 0 Å². The van der Waals surface area contributed by atoms with E-state index in [1.165, 1.54) is 10.7 Å². The summed E-state index contributed by atoms with van der Waals surface area (Å²) >= 11 is 3.43. The van der Waals surface area contributed by atoms with Crippen LogP contribution >= 0.6 is 15.9 Å². The Morgan fingerprint density at radius 3 is 2.56 bits per heavy atom. The molecule has 0 unspecified atom stereocenters. The van der Waals surface area contributed by atoms with Gasteiger partial charge in [0.15, 0.2) is 0 Å². The minimum Gasteiger partial charge on any atom is -0.488 e. The molecular formula is C28H28BrFN4O2. The van der Waals surface area contributed by atoms with E-state index in [0.717, 1.165) is 10.2 Å². The molecule has 8 heteroatoms. The lowest BCUT2D eigenvalue weighted by atomic mass is 9.95. The molecule has 6 nitrogen and oxygen atoms in total. The highest BCUT2D eigenvalue weighted by Crippen LogP contribution is 2.26. The predicted octanol–water partition coefficient (Wildman–Crippen LogP) is 6.12. The Labute approximate surface area is 218 Å². The molecule has 0 aliphatic rings. The van der Waals surface area contributed by atoms with Crippen LogP contribution in [0, 0.1) is 5.82 Å². The molecule has 186 valence electrons. The highest BCUT2D eigenvalue weighted by Gasteiger charge is 2.23. The van der Waals surface area contributed by atoms with Crippen molar-refractivity contribution < 1.29 is 9.13 Å². The Hall–Kier alpha value is -3.52. The van der Waals surface area contributed by atoms with Crippen molar-refractivity contribution in [2.75, 3.05) is 19.0 Å². The normalized spacial score (nSPS) is 11.9. The maximum Gasteiger partial charge on any atom is 0.282 e. The number of nitrogens with zero attached hydrogens (tertiary/aromatic N) is 4. The fourth-order valence-corrected chi connectivity index (χ4v) is 4.03. The first-order chi connectivity index (χ1) is 17.0. The molecule has 0 fully saturated rings. The van der Waals surface area contributed by atoms with E-state index >= 15 is 0 Å². The van der Waals surface area contributed by atoms with E-state index in [0.29, 0.717) is 33.6 Å². The van der Waals surface area contributed by atoms with Gasteiger partial charge in [0, 0.05) is 46.9 Å². The van der Waals surface area contributed by atoms with Crippen molar-refractivity contribution in [3.63, 3.8) is 0 Å². The summed E-state index contributed by atoms with van der Waals surface area (Å²) in [5.41, 5.74) is 1.94. The Balaban J connectivity index is 1.79. The summed E-state index contributed by atoms with van der Waals surface area (Å²) in [6.45, 7) is 6.02. The summed E-state index contributed by atoms with van der Waals surface area (Å²) in [5, 5.41) is 5.03. The molecule has 0 aliphatic carbocycles. The van der Waals surface area contributed by atoms with Crippen LogP contribution in [0.2, 0.25) is 0 Å². The summed E-state index contributed by atoms with van der Waals surface area (Å²) in [5.74, 6) is 0.735. The van der Waals surface area contributed by atoms with Gasteiger partial charge in [-0.1, -0.05) is 54.9 Å². The smallest absolute Gasteiger partial charge is 0.282 e. The van der Waals surface area contributed by atoms with E-state index in [-0.39, 0.29) is 18.0 Å². The molecule has 0 amide bonds. The number of ether oxygens (including phenoxy) is 1. The molecule has 0 aliphatic heterocycles. The fourth-order valence-electron chi connectivity index (χ4n) is 3.67. The monoisotopic (exact) mass is 550 g/mol. The summed E-state index contributed by atoms with van der Waals surface area (Å²) in [6, 6.07) is 17.6. The number of halogens is 2. The largest absolute Gasteiger partial charge is 0.488 e. The standard InChI is InChI=1S/C28H28BrFN4O2/c1-28(2,3)27-32-24-13-11-20(29)14-22(24)26(35)34(27)31-16-18-10-12-21(33(4)5)15-25(18)36-17-19-8-6-7-9-23(19)30/h6-16H,17H2,1-5H3. The minimum absolute atomic E-state index is 0.0587. The van der Waals surface area contributed by atoms with Crippen molar-refractivity contribution in [2.24, 2.45) is 5.10 Å². The molecule has 3 aromatic carbocycles. The average molecular weight is 551 g/mol. The van der Waals surface area contributed by atoms with Crippen molar-refractivity contribution >= 4 is 38.7 Å². The maximum atomic E-state index is 14.2. The summed E-state index contributed by atoms with van der Waals surface area (Å²) in [7, 11) is 3.86. The van der Waals surface area contributed by atoms with E-state index in [2.05, 4.69) is 21.0 Å². The van der Waals surface area contributed by atoms with Crippen molar-refractivity contribution in [2.45, 2.75) is 32.8 Å². The van der Waals surface area contributed by atoms with E-state index < -0.39 is 5.41 Å². The molecular weight excluding hydrogens is 523 g/mol. The number of fused-ring (bicyclic) bond motifs is 1. The molecule has 0 spiro atoms. The van der Waals surface area contributed by atoms with E-state index in [1.54, 1.807) is 30.5 Å². The zero-order valence-electron chi connectivity index (χ0n) is 20.9. The van der Waals surface area contributed by atoms with Gasteiger partial charge in [0.1, 0.15) is 24.0 Å². The van der Waals surface area contributed by atoms with Gasteiger partial charge in [-0.3, -0.25) is 4.79 Å². The number of aromatic nitrogens is 2. The topological polar surface area (TPSA) is 59.7 Å². The fraction of sp³-hybridized carbons (Fsp3) is 0.250. The molecule has 36 heavy (non-hydrogen) atoms. The van der Waals surface area contributed by atoms with Crippen LogP contribution in [0.1, 0.15) is 37.7 Å². The third-order valence-electron chi connectivity index (χ3n) is 5.65. The lowest BCUT2D eigenvalue weighted by Gasteiger charge is -2.21. The molecule has 0 N–H and O–H groups in total. The van der Waals surface area contributed by atoms with Gasteiger partial charge in [-0.25, -0.2) is 9.37 Å². The van der Waals surface area contributed by atoms with Crippen molar-refractivity contribution in [3.05, 3.63) is 98.3 Å². The molecule has 4 aromatic rings. The van der Waals surface area contributed by atoms with Gasteiger partial charge in [-0.2, -0.15) is 9.78 Å². The molecule has 4 rings (SSSR count). The highest BCUT2D eigenvalue weighted by molar-refractivity contribution is 9.10. The first-order valence-electron chi connectivity index (χ1n) is 11.5. The summed E-state index contributed by atoms with van der Waals surface area (Å²) in [6.07, 6.45) is 1.58.